The molecule has 0 rings (SSSR count). The Bertz CT molecular complexity index is 278. The number of carbonyl (C=O) groups is 2. The molecule has 0 heterocycles. The molecule has 0 aromatic rings. The van der Waals surface area contributed by atoms with E-state index in [0.29, 0.717) is 6.42 Å². The zero-order valence-electron chi connectivity index (χ0n) is 10.4. The van der Waals surface area contributed by atoms with Crippen LogP contribution in [0.25, 0.3) is 0 Å². The molecule has 0 spiro atoms. The minimum Gasteiger partial charge on any atom is -0.463 e. The fraction of sp³-hybridized carbons (Fsp3) is 0.800. The SMILES string of the molecule is CCCCOC(=O)C(OC(C)=O)[PH](=O)OCC. The molecular formula is C10H19O6P. The molecule has 2 unspecified atom stereocenters. The van der Waals surface area contributed by atoms with Gasteiger partial charge in [-0.2, -0.15) is 0 Å². The lowest BCUT2D eigenvalue weighted by molar-refractivity contribution is -0.161. The van der Waals surface area contributed by atoms with E-state index >= 15 is 0 Å². The summed E-state index contributed by atoms with van der Waals surface area (Å²) in [6.07, 6.45) is 1.57. The maximum absolute atomic E-state index is 11.5. The van der Waals surface area contributed by atoms with Crippen molar-refractivity contribution in [2.75, 3.05) is 13.2 Å². The van der Waals surface area contributed by atoms with Gasteiger partial charge in [0.25, 0.3) is 5.85 Å². The Labute approximate surface area is 101 Å². The first-order chi connectivity index (χ1) is 8.02. The maximum atomic E-state index is 11.5. The molecule has 0 amide bonds. The summed E-state index contributed by atoms with van der Waals surface area (Å²) in [6.45, 7) is 5.11. The fourth-order valence-electron chi connectivity index (χ4n) is 0.969. The van der Waals surface area contributed by atoms with Crippen molar-refractivity contribution in [2.45, 2.75) is 39.5 Å². The summed E-state index contributed by atoms with van der Waals surface area (Å²) >= 11 is 0. The Kier molecular flexibility index (Phi) is 8.72. The van der Waals surface area contributed by atoms with Crippen LogP contribution >= 0.6 is 8.03 Å². The molecule has 0 aromatic heterocycles. The van der Waals surface area contributed by atoms with E-state index in [0.717, 1.165) is 13.3 Å². The van der Waals surface area contributed by atoms with Crippen molar-refractivity contribution in [2.24, 2.45) is 0 Å². The standard InChI is InChI=1S/C10H19O6P/c1-4-6-7-14-9(12)10(16-8(3)11)17(13)15-5-2/h10,17H,4-7H2,1-3H3. The summed E-state index contributed by atoms with van der Waals surface area (Å²) in [5, 5.41) is 0. The molecule has 0 saturated carbocycles. The van der Waals surface area contributed by atoms with Crippen LogP contribution in [0.5, 0.6) is 0 Å². The first-order valence-electron chi connectivity index (χ1n) is 5.53. The Morgan fingerprint density at radius 1 is 1.29 bits per heavy atom. The summed E-state index contributed by atoms with van der Waals surface area (Å²) in [6, 6.07) is 0. The monoisotopic (exact) mass is 266 g/mol. The topological polar surface area (TPSA) is 78.9 Å². The minimum absolute atomic E-state index is 0.178. The van der Waals surface area contributed by atoms with E-state index in [-0.39, 0.29) is 13.2 Å². The van der Waals surface area contributed by atoms with Gasteiger partial charge >= 0.3 is 11.9 Å². The van der Waals surface area contributed by atoms with Gasteiger partial charge in [-0.05, 0) is 13.3 Å². The second kappa shape index (κ2) is 9.19. The van der Waals surface area contributed by atoms with Gasteiger partial charge in [0.15, 0.2) is 0 Å². The van der Waals surface area contributed by atoms with Crippen molar-refractivity contribution < 1.29 is 28.2 Å². The lowest BCUT2D eigenvalue weighted by atomic mass is 10.4. The van der Waals surface area contributed by atoms with Crippen LogP contribution in [0.2, 0.25) is 0 Å². The van der Waals surface area contributed by atoms with Crippen molar-refractivity contribution in [3.8, 4) is 0 Å². The van der Waals surface area contributed by atoms with Crippen LogP contribution in [0.15, 0.2) is 0 Å². The second-order valence-corrected chi connectivity index (χ2v) is 4.71. The Balaban J connectivity index is 4.39. The Morgan fingerprint density at radius 3 is 2.41 bits per heavy atom. The van der Waals surface area contributed by atoms with Crippen molar-refractivity contribution in [1.29, 1.82) is 0 Å². The van der Waals surface area contributed by atoms with Gasteiger partial charge < -0.3 is 14.0 Å². The maximum Gasteiger partial charge on any atom is 0.357 e. The Morgan fingerprint density at radius 2 is 1.94 bits per heavy atom. The molecular weight excluding hydrogens is 247 g/mol. The summed E-state index contributed by atoms with van der Waals surface area (Å²) in [4.78, 5) is 22.3. The average Bonchev–Trinajstić information content (AvgIpc) is 2.26. The lowest BCUT2D eigenvalue weighted by Gasteiger charge is -2.15. The van der Waals surface area contributed by atoms with Gasteiger partial charge in [0.05, 0.1) is 13.2 Å². The lowest BCUT2D eigenvalue weighted by Crippen LogP contribution is -2.26. The molecule has 7 heteroatoms. The van der Waals surface area contributed by atoms with Crippen LogP contribution in [-0.2, 0) is 28.2 Å². The van der Waals surface area contributed by atoms with E-state index in [1.165, 1.54) is 0 Å². The molecule has 0 radical (unpaired) electrons. The highest BCUT2D eigenvalue weighted by Crippen LogP contribution is 2.31. The van der Waals surface area contributed by atoms with Gasteiger partial charge in [-0.3, -0.25) is 9.36 Å². The molecule has 0 bridgehead atoms. The van der Waals surface area contributed by atoms with Crippen molar-refractivity contribution >= 4 is 20.0 Å². The third kappa shape index (κ3) is 7.13. The fourth-order valence-corrected chi connectivity index (χ4v) is 1.94. The molecule has 0 aliphatic heterocycles. The van der Waals surface area contributed by atoms with Crippen LogP contribution in [0, 0.1) is 0 Å². The van der Waals surface area contributed by atoms with Crippen LogP contribution in [0.3, 0.4) is 0 Å². The van der Waals surface area contributed by atoms with E-state index in [1.807, 2.05) is 6.92 Å². The van der Waals surface area contributed by atoms with Gasteiger partial charge in [-0.25, -0.2) is 4.79 Å². The number of hydrogen-bond donors (Lipinski definition) is 0. The van der Waals surface area contributed by atoms with Gasteiger partial charge in [0, 0.05) is 6.92 Å². The smallest absolute Gasteiger partial charge is 0.357 e. The number of carbonyl (C=O) groups excluding carboxylic acids is 2. The molecule has 0 aliphatic carbocycles. The highest BCUT2D eigenvalue weighted by Gasteiger charge is 2.30. The number of ether oxygens (including phenoxy) is 2. The van der Waals surface area contributed by atoms with Crippen LogP contribution < -0.4 is 0 Å². The normalized spacial score (nSPS) is 13.8. The highest BCUT2D eigenvalue weighted by atomic mass is 31.1. The molecule has 0 fully saturated rings. The summed E-state index contributed by atoms with van der Waals surface area (Å²) in [7, 11) is -2.78. The number of hydrogen-bond acceptors (Lipinski definition) is 6. The number of unbranched alkanes of at least 4 members (excludes halogenated alkanes) is 1. The van der Waals surface area contributed by atoms with Crippen molar-refractivity contribution in [3.63, 3.8) is 0 Å². The molecule has 17 heavy (non-hydrogen) atoms. The van der Waals surface area contributed by atoms with Crippen LogP contribution in [0.1, 0.15) is 33.6 Å². The first-order valence-corrected chi connectivity index (χ1v) is 6.92. The quantitative estimate of drug-likeness (QED) is 0.378. The molecule has 0 N–H and O–H groups in total. The zero-order chi connectivity index (χ0) is 13.3. The molecule has 100 valence electrons. The molecule has 0 saturated heterocycles. The number of esters is 2. The van der Waals surface area contributed by atoms with Crippen molar-refractivity contribution in [3.05, 3.63) is 0 Å². The van der Waals surface area contributed by atoms with Crippen LogP contribution in [0.4, 0.5) is 0 Å². The van der Waals surface area contributed by atoms with Crippen LogP contribution in [-0.4, -0.2) is 31.0 Å². The summed E-state index contributed by atoms with van der Waals surface area (Å²) in [5.74, 6) is -2.94. The third-order valence-electron chi connectivity index (χ3n) is 1.74. The van der Waals surface area contributed by atoms with Gasteiger partial charge in [0.2, 0.25) is 8.03 Å². The molecule has 6 nitrogen and oxygen atoms in total. The Hall–Kier alpha value is -0.870. The highest BCUT2D eigenvalue weighted by molar-refractivity contribution is 7.41. The number of rotatable bonds is 8. The summed E-state index contributed by atoms with van der Waals surface area (Å²) in [5.41, 5.74) is 0. The average molecular weight is 266 g/mol. The minimum atomic E-state index is -2.78. The second-order valence-electron chi connectivity index (χ2n) is 3.26. The van der Waals surface area contributed by atoms with Gasteiger partial charge in [0.1, 0.15) is 0 Å². The van der Waals surface area contributed by atoms with E-state index < -0.39 is 25.8 Å². The van der Waals surface area contributed by atoms with E-state index in [4.69, 9.17) is 9.26 Å². The zero-order valence-corrected chi connectivity index (χ0v) is 11.4. The van der Waals surface area contributed by atoms with E-state index in [9.17, 15) is 14.2 Å². The molecule has 0 aliphatic rings. The molecule has 2 atom stereocenters. The van der Waals surface area contributed by atoms with Crippen molar-refractivity contribution in [1.82, 2.24) is 0 Å². The van der Waals surface area contributed by atoms with Gasteiger partial charge in [-0.1, -0.05) is 13.3 Å². The van der Waals surface area contributed by atoms with E-state index in [1.54, 1.807) is 6.92 Å². The third-order valence-corrected chi connectivity index (χ3v) is 3.10. The first kappa shape index (κ1) is 16.1. The molecule has 0 aromatic carbocycles. The largest absolute Gasteiger partial charge is 0.463 e. The predicted octanol–water partition coefficient (Wildman–Crippen LogP) is 1.73. The predicted molar refractivity (Wildman–Crippen MR) is 62.0 cm³/mol. The summed E-state index contributed by atoms with van der Waals surface area (Å²) < 4.78 is 25.8. The van der Waals surface area contributed by atoms with E-state index in [2.05, 4.69) is 4.74 Å². The van der Waals surface area contributed by atoms with Gasteiger partial charge in [-0.15, -0.1) is 0 Å².